The van der Waals surface area contributed by atoms with E-state index in [0.717, 1.165) is 12.8 Å². The molecule has 0 fully saturated rings. The van der Waals surface area contributed by atoms with Crippen LogP contribution in [0.3, 0.4) is 0 Å². The Morgan fingerprint density at radius 1 is 0.867 bits per heavy atom. The molecule has 0 aliphatic carbocycles. The van der Waals surface area contributed by atoms with Crippen molar-refractivity contribution in [1.82, 2.24) is 0 Å². The van der Waals surface area contributed by atoms with Crippen LogP contribution in [0.2, 0.25) is 0 Å². The van der Waals surface area contributed by atoms with Gasteiger partial charge in [-0.15, -0.1) is 11.6 Å². The lowest BCUT2D eigenvalue weighted by Gasteiger charge is -2.03. The van der Waals surface area contributed by atoms with Crippen LogP contribution in [0.1, 0.15) is 51.9 Å². The van der Waals surface area contributed by atoms with Crippen LogP contribution < -0.4 is 0 Å². The highest BCUT2D eigenvalue weighted by Gasteiger charge is 2.08. The highest BCUT2D eigenvalue weighted by Crippen LogP contribution is 2.07. The molecule has 0 saturated carbocycles. The molecule has 0 aromatic heterocycles. The summed E-state index contributed by atoms with van der Waals surface area (Å²) in [6, 6.07) is 0. The van der Waals surface area contributed by atoms with Crippen LogP contribution >= 0.6 is 11.6 Å². The molecule has 0 N–H and O–H groups in total. The standard InChI is InChI=1S/C11H23ClO2S/c1-2-3-4-5-6-7-10-15(13,14)11-8-9-12/h2-11H2,1H3. The molecule has 0 aromatic rings. The zero-order chi connectivity index (χ0) is 11.6. The number of hydrogen-bond donors (Lipinski definition) is 0. The summed E-state index contributed by atoms with van der Waals surface area (Å²) in [5.74, 6) is 1.04. The van der Waals surface area contributed by atoms with E-state index >= 15 is 0 Å². The van der Waals surface area contributed by atoms with Gasteiger partial charge in [0.25, 0.3) is 0 Å². The van der Waals surface area contributed by atoms with Gasteiger partial charge in [-0.3, -0.25) is 0 Å². The summed E-state index contributed by atoms with van der Waals surface area (Å²) in [6.07, 6.45) is 7.33. The maximum atomic E-state index is 11.4. The van der Waals surface area contributed by atoms with Crippen molar-refractivity contribution in [3.8, 4) is 0 Å². The summed E-state index contributed by atoms with van der Waals surface area (Å²) in [7, 11) is -2.82. The largest absolute Gasteiger partial charge is 0.229 e. The number of hydrogen-bond acceptors (Lipinski definition) is 2. The van der Waals surface area contributed by atoms with E-state index in [1.165, 1.54) is 25.7 Å². The second-order valence-electron chi connectivity index (χ2n) is 3.96. The molecule has 0 aromatic carbocycles. The summed E-state index contributed by atoms with van der Waals surface area (Å²) < 4.78 is 22.8. The molecule has 4 heteroatoms. The third-order valence-electron chi connectivity index (χ3n) is 2.40. The number of unbranched alkanes of at least 4 members (excludes halogenated alkanes) is 5. The Kier molecular flexibility index (Phi) is 9.62. The number of rotatable bonds is 10. The van der Waals surface area contributed by atoms with E-state index in [1.54, 1.807) is 0 Å². The van der Waals surface area contributed by atoms with Crippen molar-refractivity contribution in [3.63, 3.8) is 0 Å². The predicted molar refractivity (Wildman–Crippen MR) is 67.4 cm³/mol. The zero-order valence-electron chi connectivity index (χ0n) is 9.67. The summed E-state index contributed by atoms with van der Waals surface area (Å²) in [4.78, 5) is 0. The zero-order valence-corrected chi connectivity index (χ0v) is 11.2. The Morgan fingerprint density at radius 3 is 2.00 bits per heavy atom. The maximum absolute atomic E-state index is 11.4. The minimum atomic E-state index is -2.82. The highest BCUT2D eigenvalue weighted by molar-refractivity contribution is 7.91. The van der Waals surface area contributed by atoms with Gasteiger partial charge in [0.15, 0.2) is 0 Å². The molecule has 0 heterocycles. The van der Waals surface area contributed by atoms with E-state index in [2.05, 4.69) is 6.92 Å². The molecule has 0 unspecified atom stereocenters. The van der Waals surface area contributed by atoms with Gasteiger partial charge in [-0.2, -0.15) is 0 Å². The second-order valence-corrected chi connectivity index (χ2v) is 6.64. The Labute approximate surface area is 99.3 Å². The van der Waals surface area contributed by atoms with Crippen molar-refractivity contribution in [2.75, 3.05) is 17.4 Å². The topological polar surface area (TPSA) is 34.1 Å². The van der Waals surface area contributed by atoms with Gasteiger partial charge in [-0.05, 0) is 12.8 Å². The van der Waals surface area contributed by atoms with Crippen molar-refractivity contribution in [2.24, 2.45) is 0 Å². The van der Waals surface area contributed by atoms with Crippen LogP contribution in [0.4, 0.5) is 0 Å². The van der Waals surface area contributed by atoms with Crippen molar-refractivity contribution >= 4 is 21.4 Å². The smallest absolute Gasteiger partial charge is 0.150 e. The van der Waals surface area contributed by atoms with Gasteiger partial charge in [-0.1, -0.05) is 39.0 Å². The molecule has 0 aliphatic heterocycles. The number of halogens is 1. The van der Waals surface area contributed by atoms with Gasteiger partial charge in [-0.25, -0.2) is 8.42 Å². The first-order valence-corrected chi connectivity index (χ1v) is 8.24. The Hall–Kier alpha value is 0.240. The van der Waals surface area contributed by atoms with E-state index in [4.69, 9.17) is 11.6 Å². The minimum Gasteiger partial charge on any atom is -0.229 e. The van der Waals surface area contributed by atoms with Crippen LogP contribution in [0.5, 0.6) is 0 Å². The van der Waals surface area contributed by atoms with Crippen molar-refractivity contribution < 1.29 is 8.42 Å². The molecule has 0 atom stereocenters. The SMILES string of the molecule is CCCCCCCCS(=O)(=O)CCCCl. The molecule has 0 amide bonds. The normalized spacial score (nSPS) is 11.9. The van der Waals surface area contributed by atoms with Crippen LogP contribution in [0, 0.1) is 0 Å². The van der Waals surface area contributed by atoms with E-state index in [0.29, 0.717) is 18.1 Å². The molecule has 0 bridgehead atoms. The molecule has 2 nitrogen and oxygen atoms in total. The third kappa shape index (κ3) is 10.5. The number of alkyl halides is 1. The average Bonchev–Trinajstić information content (AvgIpc) is 2.20. The first-order valence-electron chi connectivity index (χ1n) is 5.89. The predicted octanol–water partition coefficient (Wildman–Crippen LogP) is 3.39. The minimum absolute atomic E-state index is 0.255. The van der Waals surface area contributed by atoms with Crippen LogP contribution in [-0.2, 0) is 9.84 Å². The van der Waals surface area contributed by atoms with Crippen LogP contribution in [0.25, 0.3) is 0 Å². The maximum Gasteiger partial charge on any atom is 0.150 e. The summed E-state index contributed by atoms with van der Waals surface area (Å²) in [6.45, 7) is 2.18. The van der Waals surface area contributed by atoms with E-state index in [-0.39, 0.29) is 5.75 Å². The first-order chi connectivity index (χ1) is 7.12. The number of sulfone groups is 1. The average molecular weight is 255 g/mol. The molecule has 92 valence electrons. The van der Waals surface area contributed by atoms with Crippen LogP contribution in [0.15, 0.2) is 0 Å². The van der Waals surface area contributed by atoms with Gasteiger partial charge in [0.1, 0.15) is 9.84 Å². The van der Waals surface area contributed by atoms with Crippen molar-refractivity contribution in [3.05, 3.63) is 0 Å². The van der Waals surface area contributed by atoms with Gasteiger partial charge >= 0.3 is 0 Å². The second kappa shape index (κ2) is 9.46. The van der Waals surface area contributed by atoms with Crippen LogP contribution in [-0.4, -0.2) is 25.8 Å². The monoisotopic (exact) mass is 254 g/mol. The molecule has 15 heavy (non-hydrogen) atoms. The Morgan fingerprint density at radius 2 is 1.40 bits per heavy atom. The summed E-state index contributed by atoms with van der Waals surface area (Å²) in [5, 5.41) is 0. The molecule has 0 radical (unpaired) electrons. The first kappa shape index (κ1) is 15.2. The lowest BCUT2D eigenvalue weighted by Crippen LogP contribution is -2.11. The van der Waals surface area contributed by atoms with Crippen molar-refractivity contribution in [1.29, 1.82) is 0 Å². The summed E-state index contributed by atoms with van der Waals surface area (Å²) >= 11 is 5.46. The fourth-order valence-electron chi connectivity index (χ4n) is 1.48. The van der Waals surface area contributed by atoms with Gasteiger partial charge < -0.3 is 0 Å². The Balaban J connectivity index is 3.41. The molecule has 0 aliphatic rings. The highest BCUT2D eigenvalue weighted by atomic mass is 35.5. The Bertz CT molecular complexity index is 225. The van der Waals surface area contributed by atoms with Gasteiger partial charge in [0.05, 0.1) is 11.5 Å². The quantitative estimate of drug-likeness (QED) is 0.442. The summed E-state index contributed by atoms with van der Waals surface area (Å²) in [5.41, 5.74) is 0. The fourth-order valence-corrected chi connectivity index (χ4v) is 3.20. The molecular formula is C11H23ClO2S. The molecule has 0 saturated heterocycles. The fraction of sp³-hybridized carbons (Fsp3) is 1.00. The third-order valence-corrected chi connectivity index (χ3v) is 4.49. The van der Waals surface area contributed by atoms with Gasteiger partial charge in [0, 0.05) is 5.88 Å². The van der Waals surface area contributed by atoms with E-state index in [1.807, 2.05) is 0 Å². The van der Waals surface area contributed by atoms with E-state index in [9.17, 15) is 8.42 Å². The molecule has 0 spiro atoms. The van der Waals surface area contributed by atoms with E-state index < -0.39 is 9.84 Å². The molecule has 0 rings (SSSR count). The lowest BCUT2D eigenvalue weighted by molar-refractivity contribution is 0.582. The lowest BCUT2D eigenvalue weighted by atomic mass is 10.1. The molecular weight excluding hydrogens is 232 g/mol. The van der Waals surface area contributed by atoms with Gasteiger partial charge in [0.2, 0.25) is 0 Å². The van der Waals surface area contributed by atoms with Crippen molar-refractivity contribution in [2.45, 2.75) is 51.9 Å².